The summed E-state index contributed by atoms with van der Waals surface area (Å²) in [6.45, 7) is 0. The molecular formula is C14H23NO3. The van der Waals surface area contributed by atoms with E-state index >= 15 is 0 Å². The van der Waals surface area contributed by atoms with Crippen LogP contribution in [0.2, 0.25) is 0 Å². The van der Waals surface area contributed by atoms with Gasteiger partial charge in [-0.25, -0.2) is 0 Å². The molecule has 4 nitrogen and oxygen atoms in total. The van der Waals surface area contributed by atoms with Gasteiger partial charge in [0.15, 0.2) is 0 Å². The van der Waals surface area contributed by atoms with E-state index in [1.807, 2.05) is 11.9 Å². The van der Waals surface area contributed by atoms with E-state index in [1.165, 1.54) is 6.42 Å². The Hall–Kier alpha value is -1.06. The van der Waals surface area contributed by atoms with Crippen molar-refractivity contribution in [1.82, 2.24) is 4.90 Å². The molecule has 0 saturated heterocycles. The van der Waals surface area contributed by atoms with E-state index in [1.54, 1.807) is 0 Å². The summed E-state index contributed by atoms with van der Waals surface area (Å²) in [6.07, 6.45) is 7.32. The predicted molar refractivity (Wildman–Crippen MR) is 68.1 cm³/mol. The molecule has 102 valence electrons. The van der Waals surface area contributed by atoms with Gasteiger partial charge in [-0.2, -0.15) is 0 Å². The molecule has 0 aliphatic heterocycles. The van der Waals surface area contributed by atoms with E-state index in [9.17, 15) is 9.59 Å². The third-order valence-corrected chi connectivity index (χ3v) is 4.63. The number of carbonyl (C=O) groups excluding carboxylic acids is 1. The molecular weight excluding hydrogens is 230 g/mol. The van der Waals surface area contributed by atoms with Gasteiger partial charge in [-0.1, -0.05) is 0 Å². The lowest BCUT2D eigenvalue weighted by atomic mass is 9.79. The van der Waals surface area contributed by atoms with E-state index in [0.29, 0.717) is 6.04 Å². The first kappa shape index (κ1) is 13.4. The first-order valence-corrected chi connectivity index (χ1v) is 7.06. The minimum atomic E-state index is -0.712. The van der Waals surface area contributed by atoms with E-state index in [-0.39, 0.29) is 24.2 Å². The summed E-state index contributed by atoms with van der Waals surface area (Å²) in [5.41, 5.74) is 0. The second-order valence-corrected chi connectivity index (χ2v) is 5.85. The molecule has 1 amide bonds. The van der Waals surface area contributed by atoms with E-state index in [0.717, 1.165) is 38.5 Å². The van der Waals surface area contributed by atoms with Crippen LogP contribution in [0.5, 0.6) is 0 Å². The number of carbonyl (C=O) groups is 2. The summed E-state index contributed by atoms with van der Waals surface area (Å²) in [6, 6.07) is 0.467. The Morgan fingerprint density at radius 3 is 2.17 bits per heavy atom. The molecule has 2 aliphatic carbocycles. The number of hydrogen-bond acceptors (Lipinski definition) is 2. The predicted octanol–water partition coefficient (Wildman–Crippen LogP) is 2.28. The molecule has 0 aromatic rings. The van der Waals surface area contributed by atoms with Crippen molar-refractivity contribution >= 4 is 11.9 Å². The molecule has 0 bridgehead atoms. The molecule has 0 unspecified atom stereocenters. The second kappa shape index (κ2) is 5.72. The van der Waals surface area contributed by atoms with Crippen LogP contribution in [0.4, 0.5) is 0 Å². The van der Waals surface area contributed by atoms with Crippen LogP contribution in [0.1, 0.15) is 51.4 Å². The second-order valence-electron chi connectivity index (χ2n) is 5.85. The molecule has 0 spiro atoms. The zero-order valence-electron chi connectivity index (χ0n) is 11.1. The highest BCUT2D eigenvalue weighted by molar-refractivity contribution is 5.79. The Kier molecular flexibility index (Phi) is 4.25. The SMILES string of the molecule is CN(C(=O)C1CCC(CC(=O)O)CC1)C1CCC1. The number of hydrogen-bond donors (Lipinski definition) is 1. The highest BCUT2D eigenvalue weighted by Gasteiger charge is 2.33. The fourth-order valence-corrected chi connectivity index (χ4v) is 3.10. The topological polar surface area (TPSA) is 57.6 Å². The van der Waals surface area contributed by atoms with Crippen molar-refractivity contribution in [2.24, 2.45) is 11.8 Å². The van der Waals surface area contributed by atoms with Crippen molar-refractivity contribution < 1.29 is 14.7 Å². The standard InChI is InChI=1S/C14H23NO3/c1-15(12-3-2-4-12)14(18)11-7-5-10(6-8-11)9-13(16)17/h10-12H,2-9H2,1H3,(H,16,17). The van der Waals surface area contributed by atoms with Crippen molar-refractivity contribution in [2.75, 3.05) is 7.05 Å². The fraction of sp³-hybridized carbons (Fsp3) is 0.857. The van der Waals surface area contributed by atoms with Crippen LogP contribution < -0.4 is 0 Å². The Morgan fingerprint density at radius 2 is 1.72 bits per heavy atom. The van der Waals surface area contributed by atoms with Crippen LogP contribution in [0, 0.1) is 11.8 Å². The van der Waals surface area contributed by atoms with Crippen molar-refractivity contribution in [3.05, 3.63) is 0 Å². The lowest BCUT2D eigenvalue weighted by Crippen LogP contribution is -2.44. The molecule has 1 N–H and O–H groups in total. The smallest absolute Gasteiger partial charge is 0.303 e. The van der Waals surface area contributed by atoms with Crippen LogP contribution in [0.3, 0.4) is 0 Å². The summed E-state index contributed by atoms with van der Waals surface area (Å²) >= 11 is 0. The summed E-state index contributed by atoms with van der Waals surface area (Å²) in [7, 11) is 1.93. The van der Waals surface area contributed by atoms with Crippen molar-refractivity contribution in [3.63, 3.8) is 0 Å². The first-order chi connectivity index (χ1) is 8.58. The maximum atomic E-state index is 12.3. The third kappa shape index (κ3) is 3.03. The average Bonchev–Trinajstić information content (AvgIpc) is 2.26. The Morgan fingerprint density at radius 1 is 1.11 bits per heavy atom. The van der Waals surface area contributed by atoms with Gasteiger partial charge in [0, 0.05) is 25.4 Å². The maximum Gasteiger partial charge on any atom is 0.303 e. The molecule has 4 heteroatoms. The van der Waals surface area contributed by atoms with Crippen LogP contribution in [0.15, 0.2) is 0 Å². The number of carboxylic acid groups (broad SMARTS) is 1. The molecule has 0 heterocycles. The van der Waals surface area contributed by atoms with E-state index in [2.05, 4.69) is 0 Å². The van der Waals surface area contributed by atoms with Crippen LogP contribution >= 0.6 is 0 Å². The van der Waals surface area contributed by atoms with Gasteiger partial charge in [-0.3, -0.25) is 9.59 Å². The maximum absolute atomic E-state index is 12.3. The Labute approximate surface area is 108 Å². The van der Waals surface area contributed by atoms with E-state index in [4.69, 9.17) is 5.11 Å². The van der Waals surface area contributed by atoms with Gasteiger partial charge in [0.05, 0.1) is 0 Å². The van der Waals surface area contributed by atoms with Gasteiger partial charge in [-0.05, 0) is 50.9 Å². The van der Waals surface area contributed by atoms with Gasteiger partial charge in [0.1, 0.15) is 0 Å². The van der Waals surface area contributed by atoms with Gasteiger partial charge < -0.3 is 10.0 Å². The zero-order valence-corrected chi connectivity index (χ0v) is 11.1. The molecule has 2 fully saturated rings. The lowest BCUT2D eigenvalue weighted by Gasteiger charge is -2.38. The third-order valence-electron chi connectivity index (χ3n) is 4.63. The minimum Gasteiger partial charge on any atom is -0.481 e. The van der Waals surface area contributed by atoms with Gasteiger partial charge >= 0.3 is 5.97 Å². The number of amides is 1. The van der Waals surface area contributed by atoms with Crippen LogP contribution in [-0.4, -0.2) is 35.0 Å². The van der Waals surface area contributed by atoms with Crippen LogP contribution in [0.25, 0.3) is 0 Å². The summed E-state index contributed by atoms with van der Waals surface area (Å²) in [4.78, 5) is 24.9. The molecule has 0 aromatic carbocycles. The zero-order chi connectivity index (χ0) is 13.1. The van der Waals surface area contributed by atoms with Gasteiger partial charge in [0.25, 0.3) is 0 Å². The normalized spacial score (nSPS) is 28.5. The van der Waals surface area contributed by atoms with Gasteiger partial charge in [-0.15, -0.1) is 0 Å². The Bertz CT molecular complexity index is 317. The molecule has 18 heavy (non-hydrogen) atoms. The quantitative estimate of drug-likeness (QED) is 0.836. The molecule has 0 aromatic heterocycles. The Balaban J connectivity index is 1.78. The van der Waals surface area contributed by atoms with Crippen molar-refractivity contribution in [1.29, 1.82) is 0 Å². The molecule has 0 atom stereocenters. The monoisotopic (exact) mass is 253 g/mol. The lowest BCUT2D eigenvalue weighted by molar-refractivity contribution is -0.140. The van der Waals surface area contributed by atoms with Crippen LogP contribution in [-0.2, 0) is 9.59 Å². The number of carboxylic acids is 1. The molecule has 0 radical (unpaired) electrons. The molecule has 2 rings (SSSR count). The first-order valence-electron chi connectivity index (χ1n) is 7.06. The number of rotatable bonds is 4. The van der Waals surface area contributed by atoms with Crippen molar-refractivity contribution in [2.45, 2.75) is 57.4 Å². The van der Waals surface area contributed by atoms with Gasteiger partial charge in [0.2, 0.25) is 5.91 Å². The highest BCUT2D eigenvalue weighted by atomic mass is 16.4. The van der Waals surface area contributed by atoms with E-state index < -0.39 is 5.97 Å². The summed E-state index contributed by atoms with van der Waals surface area (Å²) < 4.78 is 0. The largest absolute Gasteiger partial charge is 0.481 e. The summed E-state index contributed by atoms with van der Waals surface area (Å²) in [5, 5.41) is 8.77. The number of aliphatic carboxylic acids is 1. The minimum absolute atomic E-state index is 0.139. The number of nitrogens with zero attached hydrogens (tertiary/aromatic N) is 1. The molecule has 2 aliphatic rings. The average molecular weight is 253 g/mol. The fourth-order valence-electron chi connectivity index (χ4n) is 3.10. The molecule has 2 saturated carbocycles. The highest BCUT2D eigenvalue weighted by Crippen LogP contribution is 2.33. The van der Waals surface area contributed by atoms with Crippen molar-refractivity contribution in [3.8, 4) is 0 Å². The summed E-state index contributed by atoms with van der Waals surface area (Å²) in [5.74, 6) is -0.00829.